The van der Waals surface area contributed by atoms with Crippen molar-refractivity contribution in [1.82, 2.24) is 4.72 Å². The summed E-state index contributed by atoms with van der Waals surface area (Å²) in [5, 5.41) is 0.685. The van der Waals surface area contributed by atoms with Gasteiger partial charge in [0.15, 0.2) is 0 Å². The van der Waals surface area contributed by atoms with Crippen molar-refractivity contribution in [3.8, 4) is 0 Å². The Morgan fingerprint density at radius 3 is 1.57 bits per heavy atom. The topological polar surface area (TPSA) is 32.3 Å². The number of anilines is 1. The van der Waals surface area contributed by atoms with Crippen LogP contribution in [-0.4, -0.2) is 18.3 Å². The summed E-state index contributed by atoms with van der Waals surface area (Å²) in [5.41, 5.74) is 6.82. The summed E-state index contributed by atoms with van der Waals surface area (Å²) in [4.78, 5) is 3.00. The normalized spacial score (nSPS) is 13.5. The minimum absolute atomic E-state index is 0.242. The molecule has 0 radical (unpaired) electrons. The highest BCUT2D eigenvalue weighted by Crippen LogP contribution is 2.35. The zero-order chi connectivity index (χ0) is 25.9. The first kappa shape index (κ1) is 27.4. The third-order valence-corrected chi connectivity index (χ3v) is 7.98. The van der Waals surface area contributed by atoms with Crippen LogP contribution in [0.25, 0.3) is 0 Å². The van der Waals surface area contributed by atoms with Crippen molar-refractivity contribution in [2.24, 2.45) is 0 Å². The van der Waals surface area contributed by atoms with Crippen LogP contribution in [0.5, 0.6) is 0 Å². The number of nitrogens with one attached hydrogen (secondary N) is 1. The average molecular weight is 511 g/mol. The molecule has 2 atom stereocenters. The summed E-state index contributed by atoms with van der Waals surface area (Å²) in [6, 6.07) is 20.4. The largest absolute Gasteiger partial charge is 0.378 e. The molecule has 0 saturated carbocycles. The van der Waals surface area contributed by atoms with Crippen LogP contribution in [0.15, 0.2) is 65.6 Å². The SMILES string of the molecule is CC(C)c1cc(C(C)C)c(S(=O)N[C@H](c2ccc(Cl)cc2)c2ccc(N(C)C)cc2)c(C(C)C)c1. The maximum absolute atomic E-state index is 14.1. The molecule has 0 bridgehead atoms. The molecule has 3 rings (SSSR count). The number of rotatable bonds is 9. The number of benzene rings is 3. The minimum Gasteiger partial charge on any atom is -0.378 e. The predicted molar refractivity (Wildman–Crippen MR) is 152 cm³/mol. The van der Waals surface area contributed by atoms with E-state index in [1.54, 1.807) is 0 Å². The predicted octanol–water partition coefficient (Wildman–Crippen LogP) is 8.18. The first-order valence-electron chi connectivity index (χ1n) is 12.4. The van der Waals surface area contributed by atoms with E-state index < -0.39 is 11.0 Å². The summed E-state index contributed by atoms with van der Waals surface area (Å²) in [7, 11) is 2.64. The Kier molecular flexibility index (Phi) is 9.20. The molecule has 0 spiro atoms. The standard InChI is InChI=1S/C30H39ClN2OS/c1-19(2)24-17-27(20(3)4)30(28(18-24)21(5)6)35(34)32-29(22-9-13-25(31)14-10-22)23-11-15-26(16-12-23)33(7)8/h9-21,29,32H,1-8H3/t29-,35?/m1/s1. The highest BCUT2D eigenvalue weighted by Gasteiger charge is 2.25. The molecule has 0 heterocycles. The Morgan fingerprint density at radius 2 is 1.17 bits per heavy atom. The first-order chi connectivity index (χ1) is 16.5. The van der Waals surface area contributed by atoms with E-state index in [-0.39, 0.29) is 17.9 Å². The van der Waals surface area contributed by atoms with E-state index in [1.165, 1.54) is 5.56 Å². The molecule has 3 aromatic carbocycles. The van der Waals surface area contributed by atoms with Crippen molar-refractivity contribution < 1.29 is 4.21 Å². The molecule has 0 saturated heterocycles. The Bertz CT molecular complexity index is 1120. The molecule has 0 fully saturated rings. The number of nitrogens with zero attached hydrogens (tertiary/aromatic N) is 1. The fourth-order valence-electron chi connectivity index (χ4n) is 4.22. The summed E-state index contributed by atoms with van der Waals surface area (Å²) < 4.78 is 17.6. The van der Waals surface area contributed by atoms with Crippen LogP contribution in [0, 0.1) is 0 Å². The molecule has 1 unspecified atom stereocenters. The van der Waals surface area contributed by atoms with E-state index >= 15 is 0 Å². The second-order valence-electron chi connectivity index (χ2n) is 10.3. The lowest BCUT2D eigenvalue weighted by atomic mass is 9.89. The lowest BCUT2D eigenvalue weighted by Crippen LogP contribution is -2.27. The molecule has 0 aliphatic carbocycles. The van der Waals surface area contributed by atoms with Crippen molar-refractivity contribution in [2.75, 3.05) is 19.0 Å². The van der Waals surface area contributed by atoms with Crippen LogP contribution in [0.4, 0.5) is 5.69 Å². The molecule has 0 amide bonds. The number of hydrogen-bond acceptors (Lipinski definition) is 2. The van der Waals surface area contributed by atoms with Crippen LogP contribution < -0.4 is 9.62 Å². The molecule has 0 aliphatic rings. The zero-order valence-electron chi connectivity index (χ0n) is 22.2. The monoisotopic (exact) mass is 510 g/mol. The van der Waals surface area contributed by atoms with Gasteiger partial charge in [-0.1, -0.05) is 89.5 Å². The molecule has 35 heavy (non-hydrogen) atoms. The summed E-state index contributed by atoms with van der Waals surface area (Å²) in [6.07, 6.45) is 0. The Morgan fingerprint density at radius 1 is 0.714 bits per heavy atom. The van der Waals surface area contributed by atoms with Gasteiger partial charge in [-0.3, -0.25) is 0 Å². The Labute approximate surface area is 219 Å². The molecule has 0 aliphatic heterocycles. The minimum atomic E-state index is -1.41. The summed E-state index contributed by atoms with van der Waals surface area (Å²) >= 11 is 6.19. The van der Waals surface area contributed by atoms with Crippen molar-refractivity contribution in [3.63, 3.8) is 0 Å². The van der Waals surface area contributed by atoms with Gasteiger partial charge in [0.1, 0.15) is 11.0 Å². The number of hydrogen-bond donors (Lipinski definition) is 1. The fourth-order valence-corrected chi connectivity index (χ4v) is 5.97. The fraction of sp³-hybridized carbons (Fsp3) is 0.400. The quantitative estimate of drug-likeness (QED) is 0.314. The third-order valence-electron chi connectivity index (χ3n) is 6.44. The van der Waals surface area contributed by atoms with Crippen molar-refractivity contribution in [2.45, 2.75) is 70.2 Å². The van der Waals surface area contributed by atoms with Gasteiger partial charge in [0, 0.05) is 24.8 Å². The van der Waals surface area contributed by atoms with Gasteiger partial charge in [0.05, 0.1) is 10.9 Å². The van der Waals surface area contributed by atoms with E-state index in [0.29, 0.717) is 10.9 Å². The molecule has 1 N–H and O–H groups in total. The van der Waals surface area contributed by atoms with Gasteiger partial charge in [-0.05, 0) is 69.8 Å². The van der Waals surface area contributed by atoms with E-state index in [0.717, 1.165) is 32.8 Å². The lowest BCUT2D eigenvalue weighted by Gasteiger charge is -2.25. The van der Waals surface area contributed by atoms with Gasteiger partial charge in [0.25, 0.3) is 0 Å². The smallest absolute Gasteiger partial charge is 0.126 e. The van der Waals surface area contributed by atoms with Gasteiger partial charge in [0.2, 0.25) is 0 Å². The molecular formula is C30H39ClN2OS. The Hall–Kier alpha value is -2.14. The van der Waals surface area contributed by atoms with E-state index in [2.05, 4.69) is 87.6 Å². The van der Waals surface area contributed by atoms with E-state index in [1.807, 2.05) is 38.4 Å². The zero-order valence-corrected chi connectivity index (χ0v) is 23.8. The Balaban J connectivity index is 2.11. The molecule has 0 aromatic heterocycles. The van der Waals surface area contributed by atoms with Crippen LogP contribution in [0.2, 0.25) is 5.02 Å². The maximum atomic E-state index is 14.1. The van der Waals surface area contributed by atoms with Gasteiger partial charge in [-0.2, -0.15) is 0 Å². The van der Waals surface area contributed by atoms with Crippen LogP contribution in [-0.2, 0) is 11.0 Å². The summed E-state index contributed by atoms with van der Waals surface area (Å²) in [6.45, 7) is 13.2. The number of halogens is 1. The summed E-state index contributed by atoms with van der Waals surface area (Å²) in [5.74, 6) is 0.943. The molecule has 5 heteroatoms. The average Bonchev–Trinajstić information content (AvgIpc) is 2.82. The van der Waals surface area contributed by atoms with Gasteiger partial charge in [-0.25, -0.2) is 8.93 Å². The molecule has 188 valence electrons. The van der Waals surface area contributed by atoms with Crippen molar-refractivity contribution >= 4 is 28.3 Å². The van der Waals surface area contributed by atoms with E-state index in [9.17, 15) is 4.21 Å². The first-order valence-corrected chi connectivity index (χ1v) is 13.9. The van der Waals surface area contributed by atoms with Gasteiger partial charge in [-0.15, -0.1) is 0 Å². The van der Waals surface area contributed by atoms with Crippen molar-refractivity contribution in [3.05, 3.63) is 93.5 Å². The van der Waals surface area contributed by atoms with Crippen LogP contribution >= 0.6 is 11.6 Å². The highest BCUT2D eigenvalue weighted by molar-refractivity contribution is 7.83. The second kappa shape index (κ2) is 11.7. The lowest BCUT2D eigenvalue weighted by molar-refractivity contribution is 0.653. The molecular weight excluding hydrogens is 472 g/mol. The van der Waals surface area contributed by atoms with Crippen molar-refractivity contribution in [1.29, 1.82) is 0 Å². The molecule has 3 nitrogen and oxygen atoms in total. The van der Waals surface area contributed by atoms with Gasteiger partial charge < -0.3 is 4.90 Å². The van der Waals surface area contributed by atoms with Gasteiger partial charge >= 0.3 is 0 Å². The van der Waals surface area contributed by atoms with Crippen LogP contribution in [0.3, 0.4) is 0 Å². The second-order valence-corrected chi connectivity index (χ2v) is 12.0. The molecule has 3 aromatic rings. The maximum Gasteiger partial charge on any atom is 0.126 e. The van der Waals surface area contributed by atoms with Crippen LogP contribution in [0.1, 0.15) is 93.2 Å². The van der Waals surface area contributed by atoms with E-state index in [4.69, 9.17) is 11.6 Å². The highest BCUT2D eigenvalue weighted by atomic mass is 35.5. The third kappa shape index (κ3) is 6.55.